The molecule has 1 aliphatic rings. The second-order valence-corrected chi connectivity index (χ2v) is 7.08. The number of carbonyl (C=O) groups excluding carboxylic acids is 3. The van der Waals surface area contributed by atoms with E-state index in [4.69, 9.17) is 9.47 Å². The number of hydrogen-bond acceptors (Lipinski definition) is 5. The number of amides is 2. The van der Waals surface area contributed by atoms with E-state index in [-0.39, 0.29) is 30.4 Å². The quantitative estimate of drug-likeness (QED) is 0.690. The van der Waals surface area contributed by atoms with Crippen molar-refractivity contribution in [2.45, 2.75) is 65.2 Å². The highest BCUT2D eigenvalue weighted by Gasteiger charge is 2.35. The number of nitrogens with zero attached hydrogens (tertiary/aromatic N) is 1. The second-order valence-electron chi connectivity index (χ2n) is 7.08. The van der Waals surface area contributed by atoms with Crippen LogP contribution in [0, 0.1) is 0 Å². The largest absolute Gasteiger partial charge is 0.491 e. The maximum Gasteiger partial charge on any atom is 0.308 e. The van der Waals surface area contributed by atoms with Crippen LogP contribution in [0.2, 0.25) is 0 Å². The van der Waals surface area contributed by atoms with Gasteiger partial charge in [0.25, 0.3) is 5.91 Å². The molecule has 7 nitrogen and oxygen atoms in total. The Labute approximate surface area is 166 Å². The summed E-state index contributed by atoms with van der Waals surface area (Å²) in [7, 11) is 0. The summed E-state index contributed by atoms with van der Waals surface area (Å²) >= 11 is 0. The van der Waals surface area contributed by atoms with Gasteiger partial charge in [-0.2, -0.15) is 0 Å². The Morgan fingerprint density at radius 2 is 1.79 bits per heavy atom. The third-order valence-electron chi connectivity index (χ3n) is 4.87. The lowest BCUT2D eigenvalue weighted by atomic mass is 10.1. The second kappa shape index (κ2) is 10.1. The summed E-state index contributed by atoms with van der Waals surface area (Å²) in [6.45, 7) is 8.43. The molecule has 0 bridgehead atoms. The normalized spacial score (nSPS) is 18.8. The first kappa shape index (κ1) is 21.7. The minimum atomic E-state index is -0.867. The maximum atomic E-state index is 13.0. The molecule has 0 spiro atoms. The topological polar surface area (TPSA) is 84.9 Å². The zero-order valence-electron chi connectivity index (χ0n) is 17.1. The smallest absolute Gasteiger partial charge is 0.308 e. The maximum absolute atomic E-state index is 13.0. The number of benzene rings is 1. The van der Waals surface area contributed by atoms with Crippen LogP contribution in [0.15, 0.2) is 24.3 Å². The molecular formula is C21H30N2O5. The SMILES string of the molecule is CCC(C)OC(=O)CC1C(=O)NCCN1C(=O)c1ccc(OC(C)CC)cc1. The van der Waals surface area contributed by atoms with Crippen molar-refractivity contribution >= 4 is 17.8 Å². The molecule has 0 radical (unpaired) electrons. The molecule has 1 heterocycles. The van der Waals surface area contributed by atoms with E-state index in [0.717, 1.165) is 6.42 Å². The fourth-order valence-corrected chi connectivity index (χ4v) is 2.83. The molecule has 1 fully saturated rings. The Kier molecular flexibility index (Phi) is 7.84. The third kappa shape index (κ3) is 5.71. The first-order valence-electron chi connectivity index (χ1n) is 9.90. The van der Waals surface area contributed by atoms with Crippen molar-refractivity contribution < 1.29 is 23.9 Å². The summed E-state index contributed by atoms with van der Waals surface area (Å²) < 4.78 is 11.0. The molecule has 1 aromatic carbocycles. The van der Waals surface area contributed by atoms with Crippen molar-refractivity contribution in [3.05, 3.63) is 29.8 Å². The van der Waals surface area contributed by atoms with Gasteiger partial charge in [0.15, 0.2) is 0 Å². The van der Waals surface area contributed by atoms with E-state index in [1.807, 2.05) is 20.8 Å². The Morgan fingerprint density at radius 3 is 2.39 bits per heavy atom. The monoisotopic (exact) mass is 390 g/mol. The number of piperazine rings is 1. The van der Waals surface area contributed by atoms with Crippen molar-refractivity contribution in [2.24, 2.45) is 0 Å². The highest BCUT2D eigenvalue weighted by molar-refractivity contribution is 5.99. The van der Waals surface area contributed by atoms with Gasteiger partial charge >= 0.3 is 5.97 Å². The Hall–Kier alpha value is -2.57. The van der Waals surface area contributed by atoms with Crippen LogP contribution in [0.4, 0.5) is 0 Å². The highest BCUT2D eigenvalue weighted by Crippen LogP contribution is 2.19. The lowest BCUT2D eigenvalue weighted by Gasteiger charge is -2.34. The van der Waals surface area contributed by atoms with Gasteiger partial charge in [-0.3, -0.25) is 14.4 Å². The number of ether oxygens (including phenoxy) is 2. The first-order chi connectivity index (χ1) is 13.3. The predicted molar refractivity (Wildman–Crippen MR) is 105 cm³/mol. The molecule has 28 heavy (non-hydrogen) atoms. The molecular weight excluding hydrogens is 360 g/mol. The van der Waals surface area contributed by atoms with Crippen molar-refractivity contribution in [3.8, 4) is 5.75 Å². The van der Waals surface area contributed by atoms with Crippen LogP contribution in [0.3, 0.4) is 0 Å². The van der Waals surface area contributed by atoms with Gasteiger partial charge in [0.2, 0.25) is 5.91 Å². The molecule has 2 amide bonds. The summed E-state index contributed by atoms with van der Waals surface area (Å²) in [4.78, 5) is 38.9. The molecule has 1 aromatic rings. The number of rotatable bonds is 8. The molecule has 3 unspecified atom stereocenters. The summed E-state index contributed by atoms with van der Waals surface area (Å²) in [6.07, 6.45) is 1.29. The first-order valence-corrected chi connectivity index (χ1v) is 9.90. The van der Waals surface area contributed by atoms with E-state index >= 15 is 0 Å². The summed E-state index contributed by atoms with van der Waals surface area (Å²) in [5.41, 5.74) is 0.450. The van der Waals surface area contributed by atoms with E-state index in [0.29, 0.717) is 30.8 Å². The van der Waals surface area contributed by atoms with Gasteiger partial charge in [-0.1, -0.05) is 13.8 Å². The standard InChI is InChI=1S/C21H30N2O5/c1-5-14(3)27-17-9-7-16(8-10-17)21(26)23-12-11-22-20(25)18(23)13-19(24)28-15(4)6-2/h7-10,14-15,18H,5-6,11-13H2,1-4H3,(H,22,25). The van der Waals surface area contributed by atoms with Crippen LogP contribution in [-0.2, 0) is 14.3 Å². The summed E-state index contributed by atoms with van der Waals surface area (Å²) in [5, 5.41) is 2.72. The van der Waals surface area contributed by atoms with Gasteiger partial charge in [0.1, 0.15) is 11.8 Å². The highest BCUT2D eigenvalue weighted by atomic mass is 16.5. The summed E-state index contributed by atoms with van der Waals surface area (Å²) in [6, 6.07) is 5.99. The molecule has 0 aliphatic carbocycles. The Bertz CT molecular complexity index is 689. The molecule has 1 aliphatic heterocycles. The zero-order chi connectivity index (χ0) is 20.7. The fraction of sp³-hybridized carbons (Fsp3) is 0.571. The number of nitrogens with one attached hydrogen (secondary N) is 1. The molecule has 3 atom stereocenters. The average molecular weight is 390 g/mol. The van der Waals surface area contributed by atoms with Gasteiger partial charge in [-0.05, 0) is 51.0 Å². The van der Waals surface area contributed by atoms with Gasteiger partial charge in [0, 0.05) is 18.7 Å². The van der Waals surface area contributed by atoms with E-state index < -0.39 is 12.0 Å². The molecule has 7 heteroatoms. The molecule has 0 saturated carbocycles. The lowest BCUT2D eigenvalue weighted by molar-refractivity contribution is -0.151. The van der Waals surface area contributed by atoms with Crippen LogP contribution in [0.25, 0.3) is 0 Å². The Balaban J connectivity index is 2.10. The van der Waals surface area contributed by atoms with Gasteiger partial charge in [-0.15, -0.1) is 0 Å². The van der Waals surface area contributed by atoms with Crippen LogP contribution in [0.5, 0.6) is 5.75 Å². The zero-order valence-corrected chi connectivity index (χ0v) is 17.1. The van der Waals surface area contributed by atoms with Crippen molar-refractivity contribution in [2.75, 3.05) is 13.1 Å². The number of hydrogen-bond donors (Lipinski definition) is 1. The molecule has 2 rings (SSSR count). The predicted octanol–water partition coefficient (Wildman–Crippen LogP) is 2.54. The summed E-state index contributed by atoms with van der Waals surface area (Å²) in [5.74, 6) is -0.411. The van der Waals surface area contributed by atoms with Gasteiger partial charge < -0.3 is 19.7 Å². The van der Waals surface area contributed by atoms with Crippen molar-refractivity contribution in [3.63, 3.8) is 0 Å². The molecule has 0 aromatic heterocycles. The van der Waals surface area contributed by atoms with Crippen LogP contribution in [-0.4, -0.2) is 54.0 Å². The number of carbonyl (C=O) groups is 3. The average Bonchev–Trinajstić information content (AvgIpc) is 2.69. The minimum Gasteiger partial charge on any atom is -0.491 e. The van der Waals surface area contributed by atoms with Gasteiger partial charge in [-0.25, -0.2) is 0 Å². The van der Waals surface area contributed by atoms with Gasteiger partial charge in [0.05, 0.1) is 18.6 Å². The Morgan fingerprint density at radius 1 is 1.14 bits per heavy atom. The van der Waals surface area contributed by atoms with Crippen LogP contribution >= 0.6 is 0 Å². The molecule has 154 valence electrons. The molecule has 1 saturated heterocycles. The fourth-order valence-electron chi connectivity index (χ4n) is 2.83. The van der Waals surface area contributed by atoms with Crippen molar-refractivity contribution in [1.29, 1.82) is 0 Å². The van der Waals surface area contributed by atoms with E-state index in [1.54, 1.807) is 31.2 Å². The lowest BCUT2D eigenvalue weighted by Crippen LogP contribution is -2.57. The minimum absolute atomic E-state index is 0.0910. The molecule has 1 N–H and O–H groups in total. The van der Waals surface area contributed by atoms with Crippen molar-refractivity contribution in [1.82, 2.24) is 10.2 Å². The number of esters is 1. The van der Waals surface area contributed by atoms with E-state index in [9.17, 15) is 14.4 Å². The van der Waals surface area contributed by atoms with E-state index in [2.05, 4.69) is 5.32 Å². The van der Waals surface area contributed by atoms with Crippen LogP contribution < -0.4 is 10.1 Å². The third-order valence-corrected chi connectivity index (χ3v) is 4.87. The van der Waals surface area contributed by atoms with Crippen LogP contribution in [0.1, 0.15) is 57.3 Å². The van der Waals surface area contributed by atoms with E-state index in [1.165, 1.54) is 4.90 Å².